The summed E-state index contributed by atoms with van der Waals surface area (Å²) in [5.74, 6) is 1.30. The number of ether oxygens (including phenoxy) is 1. The Hall–Kier alpha value is -1.62. The molecule has 0 spiro atoms. The fourth-order valence-electron chi connectivity index (χ4n) is 2.11. The maximum absolute atomic E-state index is 10.5. The first-order chi connectivity index (χ1) is 8.65. The summed E-state index contributed by atoms with van der Waals surface area (Å²) in [5.41, 5.74) is 0.0987. The van der Waals surface area contributed by atoms with E-state index in [1.165, 1.54) is 12.1 Å². The number of likely N-dealkylation sites (tertiary alicyclic amines) is 1. The minimum Gasteiger partial charge on any atom is -0.493 e. The standard InChI is InChI=1S/C13H18N2O3/c1-14-8-6-11(7-9-14)10-18-13-4-2-12(3-5-13)15(16)17/h2-5,11H,6-10H2,1H3. The van der Waals surface area contributed by atoms with Crippen LogP contribution >= 0.6 is 0 Å². The van der Waals surface area contributed by atoms with Crippen LogP contribution in [0.25, 0.3) is 0 Å². The van der Waals surface area contributed by atoms with E-state index in [4.69, 9.17) is 4.74 Å². The van der Waals surface area contributed by atoms with Gasteiger partial charge in [-0.2, -0.15) is 0 Å². The fraction of sp³-hybridized carbons (Fsp3) is 0.538. The van der Waals surface area contributed by atoms with Crippen molar-refractivity contribution in [2.75, 3.05) is 26.7 Å². The Morgan fingerprint density at radius 2 is 1.94 bits per heavy atom. The van der Waals surface area contributed by atoms with Gasteiger partial charge in [0.1, 0.15) is 5.75 Å². The molecule has 1 aliphatic rings. The lowest BCUT2D eigenvalue weighted by Crippen LogP contribution is -2.32. The van der Waals surface area contributed by atoms with Gasteiger partial charge in [0.15, 0.2) is 0 Å². The quantitative estimate of drug-likeness (QED) is 0.608. The van der Waals surface area contributed by atoms with Crippen molar-refractivity contribution in [1.82, 2.24) is 4.90 Å². The molecule has 0 saturated carbocycles. The minimum atomic E-state index is -0.402. The predicted molar refractivity (Wildman–Crippen MR) is 68.8 cm³/mol. The molecule has 1 saturated heterocycles. The number of nitro benzene ring substituents is 1. The van der Waals surface area contributed by atoms with E-state index in [2.05, 4.69) is 11.9 Å². The number of piperidine rings is 1. The van der Waals surface area contributed by atoms with Crippen LogP contribution in [0.5, 0.6) is 5.75 Å². The summed E-state index contributed by atoms with van der Waals surface area (Å²) in [4.78, 5) is 12.4. The van der Waals surface area contributed by atoms with Crippen LogP contribution in [0.2, 0.25) is 0 Å². The highest BCUT2D eigenvalue weighted by molar-refractivity contribution is 5.35. The summed E-state index contributed by atoms with van der Waals surface area (Å²) in [5, 5.41) is 10.5. The molecule has 0 aliphatic carbocycles. The van der Waals surface area contributed by atoms with Crippen molar-refractivity contribution in [2.45, 2.75) is 12.8 Å². The van der Waals surface area contributed by atoms with Gasteiger partial charge in [0, 0.05) is 12.1 Å². The second-order valence-corrected chi connectivity index (χ2v) is 4.81. The Kier molecular flexibility index (Phi) is 4.15. The summed E-state index contributed by atoms with van der Waals surface area (Å²) < 4.78 is 5.67. The molecule has 5 nitrogen and oxygen atoms in total. The van der Waals surface area contributed by atoms with Gasteiger partial charge in [0.05, 0.1) is 11.5 Å². The van der Waals surface area contributed by atoms with E-state index in [-0.39, 0.29) is 5.69 Å². The van der Waals surface area contributed by atoms with Crippen molar-refractivity contribution in [3.8, 4) is 5.75 Å². The summed E-state index contributed by atoms with van der Waals surface area (Å²) in [6.07, 6.45) is 2.31. The molecule has 98 valence electrons. The van der Waals surface area contributed by atoms with Gasteiger partial charge in [-0.05, 0) is 51.0 Å². The molecule has 0 amide bonds. The lowest BCUT2D eigenvalue weighted by atomic mass is 9.98. The van der Waals surface area contributed by atoms with Crippen LogP contribution in [0, 0.1) is 16.0 Å². The maximum Gasteiger partial charge on any atom is 0.269 e. The third kappa shape index (κ3) is 3.43. The second-order valence-electron chi connectivity index (χ2n) is 4.81. The van der Waals surface area contributed by atoms with Crippen LogP contribution in [0.1, 0.15) is 12.8 Å². The van der Waals surface area contributed by atoms with Gasteiger partial charge in [-0.3, -0.25) is 10.1 Å². The molecular formula is C13H18N2O3. The average molecular weight is 250 g/mol. The van der Waals surface area contributed by atoms with Gasteiger partial charge in [-0.1, -0.05) is 0 Å². The van der Waals surface area contributed by atoms with Crippen molar-refractivity contribution in [3.05, 3.63) is 34.4 Å². The van der Waals surface area contributed by atoms with Gasteiger partial charge >= 0.3 is 0 Å². The topological polar surface area (TPSA) is 55.6 Å². The van der Waals surface area contributed by atoms with Crippen LogP contribution in [0.3, 0.4) is 0 Å². The van der Waals surface area contributed by atoms with E-state index in [0.29, 0.717) is 18.3 Å². The van der Waals surface area contributed by atoms with Gasteiger partial charge in [-0.15, -0.1) is 0 Å². The van der Waals surface area contributed by atoms with Gasteiger partial charge in [0.25, 0.3) is 5.69 Å². The summed E-state index contributed by atoms with van der Waals surface area (Å²) >= 11 is 0. The number of hydrogen-bond acceptors (Lipinski definition) is 4. The molecule has 0 aromatic heterocycles. The molecule has 5 heteroatoms. The Labute approximate surface area is 107 Å². The highest BCUT2D eigenvalue weighted by atomic mass is 16.6. The predicted octanol–water partition coefficient (Wildman–Crippen LogP) is 2.32. The molecule has 1 aromatic rings. The van der Waals surface area contributed by atoms with Crippen LogP contribution in [0.15, 0.2) is 24.3 Å². The fourth-order valence-corrected chi connectivity index (χ4v) is 2.11. The monoisotopic (exact) mass is 250 g/mol. The number of nitro groups is 1. The number of rotatable bonds is 4. The summed E-state index contributed by atoms with van der Waals surface area (Å²) in [6.45, 7) is 2.94. The first-order valence-corrected chi connectivity index (χ1v) is 6.21. The molecule has 2 rings (SSSR count). The van der Waals surface area contributed by atoms with Gasteiger partial charge in [-0.25, -0.2) is 0 Å². The van der Waals surface area contributed by atoms with Crippen LogP contribution in [-0.2, 0) is 0 Å². The third-order valence-corrected chi connectivity index (χ3v) is 3.37. The summed E-state index contributed by atoms with van der Waals surface area (Å²) in [7, 11) is 2.13. The zero-order valence-corrected chi connectivity index (χ0v) is 10.5. The molecule has 0 unspecified atom stereocenters. The first-order valence-electron chi connectivity index (χ1n) is 6.21. The van der Waals surface area contributed by atoms with Crippen LogP contribution in [-0.4, -0.2) is 36.6 Å². The van der Waals surface area contributed by atoms with E-state index >= 15 is 0 Å². The number of nitrogens with zero attached hydrogens (tertiary/aromatic N) is 2. The van der Waals surface area contributed by atoms with Crippen LogP contribution < -0.4 is 4.74 Å². The Morgan fingerprint density at radius 3 is 2.50 bits per heavy atom. The highest BCUT2D eigenvalue weighted by Gasteiger charge is 2.17. The molecule has 0 bridgehead atoms. The van der Waals surface area contributed by atoms with Crippen molar-refractivity contribution >= 4 is 5.69 Å². The molecular weight excluding hydrogens is 232 g/mol. The van der Waals surface area contributed by atoms with E-state index < -0.39 is 4.92 Å². The molecule has 1 aromatic carbocycles. The second kappa shape index (κ2) is 5.82. The van der Waals surface area contributed by atoms with Gasteiger partial charge in [0.2, 0.25) is 0 Å². The zero-order chi connectivity index (χ0) is 13.0. The van der Waals surface area contributed by atoms with Crippen molar-refractivity contribution in [3.63, 3.8) is 0 Å². The smallest absolute Gasteiger partial charge is 0.269 e. The van der Waals surface area contributed by atoms with E-state index in [1.54, 1.807) is 12.1 Å². The third-order valence-electron chi connectivity index (χ3n) is 3.37. The summed E-state index contributed by atoms with van der Waals surface area (Å²) in [6, 6.07) is 6.27. The average Bonchev–Trinajstić information content (AvgIpc) is 2.38. The largest absolute Gasteiger partial charge is 0.493 e. The van der Waals surface area contributed by atoms with E-state index in [1.807, 2.05) is 0 Å². The molecule has 1 fully saturated rings. The Balaban J connectivity index is 1.81. The van der Waals surface area contributed by atoms with E-state index in [9.17, 15) is 10.1 Å². The Bertz CT molecular complexity index is 397. The Morgan fingerprint density at radius 1 is 1.33 bits per heavy atom. The SMILES string of the molecule is CN1CCC(COc2ccc([N+](=O)[O-])cc2)CC1. The number of hydrogen-bond donors (Lipinski definition) is 0. The van der Waals surface area contributed by atoms with Crippen molar-refractivity contribution < 1.29 is 9.66 Å². The zero-order valence-electron chi connectivity index (χ0n) is 10.5. The van der Waals surface area contributed by atoms with Crippen LogP contribution in [0.4, 0.5) is 5.69 Å². The maximum atomic E-state index is 10.5. The molecule has 0 radical (unpaired) electrons. The lowest BCUT2D eigenvalue weighted by Gasteiger charge is -2.28. The minimum absolute atomic E-state index is 0.0987. The molecule has 1 aliphatic heterocycles. The number of non-ortho nitro benzene ring substituents is 1. The molecule has 0 atom stereocenters. The lowest BCUT2D eigenvalue weighted by molar-refractivity contribution is -0.384. The first kappa shape index (κ1) is 12.8. The van der Waals surface area contributed by atoms with Gasteiger partial charge < -0.3 is 9.64 Å². The highest BCUT2D eigenvalue weighted by Crippen LogP contribution is 2.20. The van der Waals surface area contributed by atoms with E-state index in [0.717, 1.165) is 25.9 Å². The molecule has 18 heavy (non-hydrogen) atoms. The van der Waals surface area contributed by atoms with Crippen molar-refractivity contribution in [2.24, 2.45) is 5.92 Å². The molecule has 1 heterocycles. The van der Waals surface area contributed by atoms with Crippen molar-refractivity contribution in [1.29, 1.82) is 0 Å². The number of benzene rings is 1. The normalized spacial score (nSPS) is 17.6. The molecule has 0 N–H and O–H groups in total.